The highest BCUT2D eigenvalue weighted by Crippen LogP contribution is 2.21. The lowest BCUT2D eigenvalue weighted by atomic mass is 10.1. The van der Waals surface area contributed by atoms with Crippen LogP contribution in [0.2, 0.25) is 0 Å². The second kappa shape index (κ2) is 3.84. The molecule has 0 atom stereocenters. The van der Waals surface area contributed by atoms with E-state index in [0.29, 0.717) is 5.82 Å². The summed E-state index contributed by atoms with van der Waals surface area (Å²) in [5, 5.41) is 5.33. The first-order valence-electron chi connectivity index (χ1n) is 5.16. The van der Waals surface area contributed by atoms with Gasteiger partial charge >= 0.3 is 0 Å². The first-order valence-corrected chi connectivity index (χ1v) is 5.16. The molecule has 0 saturated heterocycles. The maximum Gasteiger partial charge on any atom is 0.163 e. The van der Waals surface area contributed by atoms with E-state index < -0.39 is 0 Å². The zero-order valence-electron chi connectivity index (χ0n) is 9.06. The Bertz CT molecular complexity index is 474. The average Bonchev–Trinajstić information content (AvgIpc) is 2.55. The van der Waals surface area contributed by atoms with E-state index in [1.807, 2.05) is 7.05 Å². The van der Waals surface area contributed by atoms with Gasteiger partial charge in [0.1, 0.15) is 12.1 Å². The predicted octanol–water partition coefficient (Wildman–Crippen LogP) is 1.29. The monoisotopic (exact) mass is 205 g/mol. The molecule has 2 N–H and O–H groups in total. The molecule has 0 bridgehead atoms. The number of hydrogen-bond acceptors (Lipinski definition) is 4. The molecule has 0 radical (unpaired) electrons. The molecule has 5 nitrogen and oxygen atoms in total. The number of unbranched alkanes of at least 4 members (excludes halogenated alkanes) is 1. The Morgan fingerprint density at radius 1 is 1.40 bits per heavy atom. The third-order valence-corrected chi connectivity index (χ3v) is 2.49. The van der Waals surface area contributed by atoms with Crippen LogP contribution in [0.5, 0.6) is 0 Å². The van der Waals surface area contributed by atoms with Crippen molar-refractivity contribution in [3.05, 3.63) is 12.0 Å². The summed E-state index contributed by atoms with van der Waals surface area (Å²) in [7, 11) is 1.88. The molecule has 0 unspecified atom stereocenters. The molecule has 0 fully saturated rings. The molecule has 0 spiro atoms. The van der Waals surface area contributed by atoms with Gasteiger partial charge in [-0.25, -0.2) is 9.97 Å². The zero-order chi connectivity index (χ0) is 10.8. The molecule has 5 heteroatoms. The second-order valence-corrected chi connectivity index (χ2v) is 3.63. The van der Waals surface area contributed by atoms with Crippen LogP contribution in [-0.4, -0.2) is 19.7 Å². The lowest BCUT2D eigenvalue weighted by molar-refractivity contribution is 0.722. The molecule has 0 aliphatic heterocycles. The van der Waals surface area contributed by atoms with Gasteiger partial charge in [0.2, 0.25) is 0 Å². The number of anilines is 1. The van der Waals surface area contributed by atoms with Crippen molar-refractivity contribution in [1.29, 1.82) is 0 Å². The van der Waals surface area contributed by atoms with Crippen molar-refractivity contribution in [2.75, 3.05) is 5.73 Å². The van der Waals surface area contributed by atoms with Crippen molar-refractivity contribution in [3.8, 4) is 0 Å². The minimum Gasteiger partial charge on any atom is -0.383 e. The minimum absolute atomic E-state index is 0.527. The van der Waals surface area contributed by atoms with Crippen LogP contribution in [0.15, 0.2) is 6.33 Å². The third-order valence-electron chi connectivity index (χ3n) is 2.49. The summed E-state index contributed by atoms with van der Waals surface area (Å²) < 4.78 is 1.76. The van der Waals surface area contributed by atoms with Gasteiger partial charge < -0.3 is 5.73 Å². The van der Waals surface area contributed by atoms with Gasteiger partial charge in [-0.1, -0.05) is 13.3 Å². The Morgan fingerprint density at radius 3 is 2.93 bits per heavy atom. The lowest BCUT2D eigenvalue weighted by Crippen LogP contribution is -1.95. The number of rotatable bonds is 3. The fourth-order valence-corrected chi connectivity index (χ4v) is 1.71. The molecule has 0 amide bonds. The van der Waals surface area contributed by atoms with E-state index in [2.05, 4.69) is 22.0 Å². The van der Waals surface area contributed by atoms with E-state index in [9.17, 15) is 0 Å². The first kappa shape index (κ1) is 9.89. The van der Waals surface area contributed by atoms with Gasteiger partial charge in [-0.05, 0) is 12.8 Å². The molecule has 0 saturated carbocycles. The van der Waals surface area contributed by atoms with E-state index in [1.54, 1.807) is 4.68 Å². The van der Waals surface area contributed by atoms with E-state index in [4.69, 9.17) is 5.73 Å². The summed E-state index contributed by atoms with van der Waals surface area (Å²) in [5.41, 5.74) is 7.66. The van der Waals surface area contributed by atoms with Crippen molar-refractivity contribution >= 4 is 16.9 Å². The van der Waals surface area contributed by atoms with Crippen molar-refractivity contribution in [3.63, 3.8) is 0 Å². The SMILES string of the molecule is CCCCc1nn(C)c2ncnc(N)c12. The number of nitrogen functional groups attached to an aromatic ring is 1. The summed E-state index contributed by atoms with van der Waals surface area (Å²) in [6.07, 6.45) is 4.67. The zero-order valence-corrected chi connectivity index (χ0v) is 9.06. The highest BCUT2D eigenvalue weighted by atomic mass is 15.3. The summed E-state index contributed by atoms with van der Waals surface area (Å²) >= 11 is 0. The number of nitrogens with zero attached hydrogens (tertiary/aromatic N) is 4. The van der Waals surface area contributed by atoms with E-state index in [-0.39, 0.29) is 0 Å². The molecule has 2 aromatic heterocycles. The largest absolute Gasteiger partial charge is 0.383 e. The van der Waals surface area contributed by atoms with Crippen LogP contribution in [0.25, 0.3) is 11.0 Å². The Balaban J connectivity index is 2.54. The van der Waals surface area contributed by atoms with Crippen LogP contribution in [0, 0.1) is 0 Å². The summed E-state index contributed by atoms with van der Waals surface area (Å²) in [6.45, 7) is 2.16. The highest BCUT2D eigenvalue weighted by Gasteiger charge is 2.12. The van der Waals surface area contributed by atoms with Gasteiger partial charge in [0.05, 0.1) is 11.1 Å². The summed E-state index contributed by atoms with van der Waals surface area (Å²) in [6, 6.07) is 0. The second-order valence-electron chi connectivity index (χ2n) is 3.63. The molecule has 0 aromatic carbocycles. The topological polar surface area (TPSA) is 69.6 Å². The third kappa shape index (κ3) is 1.65. The molecule has 0 aliphatic rings. The Hall–Kier alpha value is -1.65. The molecule has 0 aliphatic carbocycles. The quantitative estimate of drug-likeness (QED) is 0.819. The van der Waals surface area contributed by atoms with E-state index in [1.165, 1.54) is 6.33 Å². The molecular weight excluding hydrogens is 190 g/mol. The van der Waals surface area contributed by atoms with Crippen molar-refractivity contribution < 1.29 is 0 Å². The molecule has 2 aromatic rings. The van der Waals surface area contributed by atoms with Gasteiger partial charge in [0.25, 0.3) is 0 Å². The smallest absolute Gasteiger partial charge is 0.163 e. The first-order chi connectivity index (χ1) is 7.24. The number of aryl methyl sites for hydroxylation is 2. The van der Waals surface area contributed by atoms with Gasteiger partial charge in [-0.3, -0.25) is 4.68 Å². The minimum atomic E-state index is 0.527. The maximum absolute atomic E-state index is 5.84. The van der Waals surface area contributed by atoms with E-state index in [0.717, 1.165) is 36.0 Å². The standard InChI is InChI=1S/C10H15N5/c1-3-4-5-7-8-9(11)12-6-13-10(8)15(2)14-7/h6H,3-5H2,1-2H3,(H2,11,12,13). The van der Waals surface area contributed by atoms with Crippen LogP contribution in [0.1, 0.15) is 25.5 Å². The molecule has 2 rings (SSSR count). The van der Waals surface area contributed by atoms with E-state index >= 15 is 0 Å². The lowest BCUT2D eigenvalue weighted by Gasteiger charge is -1.97. The average molecular weight is 205 g/mol. The van der Waals surface area contributed by atoms with Gasteiger partial charge in [-0.2, -0.15) is 5.10 Å². The number of aromatic nitrogens is 4. The highest BCUT2D eigenvalue weighted by molar-refractivity contribution is 5.87. The predicted molar refractivity (Wildman–Crippen MR) is 59.3 cm³/mol. The molecule has 80 valence electrons. The fraction of sp³-hybridized carbons (Fsp3) is 0.500. The summed E-state index contributed by atoms with van der Waals surface area (Å²) in [5.74, 6) is 0.527. The Labute approximate surface area is 88.3 Å². The number of fused-ring (bicyclic) bond motifs is 1. The van der Waals surface area contributed by atoms with Crippen LogP contribution in [-0.2, 0) is 13.5 Å². The fourth-order valence-electron chi connectivity index (χ4n) is 1.71. The number of nitrogens with two attached hydrogens (primary N) is 1. The maximum atomic E-state index is 5.84. The van der Waals surface area contributed by atoms with Gasteiger partial charge in [0, 0.05) is 7.05 Å². The van der Waals surface area contributed by atoms with Crippen molar-refractivity contribution in [1.82, 2.24) is 19.7 Å². The van der Waals surface area contributed by atoms with Crippen molar-refractivity contribution in [2.45, 2.75) is 26.2 Å². The molecular formula is C10H15N5. The Morgan fingerprint density at radius 2 is 2.20 bits per heavy atom. The molecule has 2 heterocycles. The molecule has 15 heavy (non-hydrogen) atoms. The summed E-state index contributed by atoms with van der Waals surface area (Å²) in [4.78, 5) is 8.18. The van der Waals surface area contributed by atoms with Crippen molar-refractivity contribution in [2.24, 2.45) is 7.05 Å². The van der Waals surface area contributed by atoms with Crippen LogP contribution in [0.4, 0.5) is 5.82 Å². The van der Waals surface area contributed by atoms with Crippen LogP contribution < -0.4 is 5.73 Å². The van der Waals surface area contributed by atoms with Gasteiger partial charge in [0.15, 0.2) is 5.65 Å². The normalized spacial score (nSPS) is 11.1. The Kier molecular flexibility index (Phi) is 2.53. The van der Waals surface area contributed by atoms with Crippen LogP contribution >= 0.6 is 0 Å². The number of hydrogen-bond donors (Lipinski definition) is 1. The van der Waals surface area contributed by atoms with Gasteiger partial charge in [-0.15, -0.1) is 0 Å². The van der Waals surface area contributed by atoms with Crippen LogP contribution in [0.3, 0.4) is 0 Å².